The van der Waals surface area contributed by atoms with Crippen molar-refractivity contribution >= 4 is 17.9 Å². The van der Waals surface area contributed by atoms with Gasteiger partial charge in [0.05, 0.1) is 88.6 Å². The number of carboxylic acids is 3. The van der Waals surface area contributed by atoms with Gasteiger partial charge in [-0.3, -0.25) is 0 Å². The predicted molar refractivity (Wildman–Crippen MR) is 121 cm³/mol. The lowest BCUT2D eigenvalue weighted by Crippen LogP contribution is -2.51. The molecule has 0 saturated heterocycles. The van der Waals surface area contributed by atoms with E-state index in [2.05, 4.69) is 42.3 Å². The predicted octanol–water partition coefficient (Wildman–Crippen LogP) is -7.23. The van der Waals surface area contributed by atoms with E-state index in [9.17, 15) is 29.7 Å². The van der Waals surface area contributed by atoms with Gasteiger partial charge in [-0.2, -0.15) is 0 Å². The second-order valence-corrected chi connectivity index (χ2v) is 10.7. The summed E-state index contributed by atoms with van der Waals surface area (Å²) in [4.78, 5) is 29.3. The summed E-state index contributed by atoms with van der Waals surface area (Å²) in [5.74, 6) is -5.32. The van der Waals surface area contributed by atoms with E-state index in [1.807, 2.05) is 21.1 Å². The largest absolute Gasteiger partial charge is 0.550 e. The molecule has 0 bridgehead atoms. The Morgan fingerprint density at radius 1 is 0.629 bits per heavy atom. The third kappa shape index (κ3) is 39.6. The molecule has 14 heteroatoms. The molecule has 0 saturated carbocycles. The zero-order valence-electron chi connectivity index (χ0n) is 22.5. The minimum absolute atomic E-state index is 0.281. The van der Waals surface area contributed by atoms with Crippen LogP contribution in [-0.4, -0.2) is 171 Å². The summed E-state index contributed by atoms with van der Waals surface area (Å²) in [5, 5.41) is 71.6. The maximum atomic E-state index is 10.0. The quantitative estimate of drug-likeness (QED) is 0.162. The number of likely N-dealkylation sites (N-methyl/N-ethyl adjacent to an activating group) is 3. The average molecular weight is 518 g/mol. The number of rotatable bonds is 11. The first-order chi connectivity index (χ1) is 15.4. The van der Waals surface area contributed by atoms with E-state index in [0.717, 1.165) is 22.1 Å². The van der Waals surface area contributed by atoms with Gasteiger partial charge in [-0.15, -0.1) is 0 Å². The molecular weight excluding hydrogens is 470 g/mol. The Labute approximate surface area is 208 Å². The molecule has 0 spiro atoms. The first-order valence-corrected chi connectivity index (χ1v) is 10.7. The molecule has 0 radical (unpaired) electrons. The molecule has 0 aromatic carbocycles. The number of carbonyl (C=O) groups is 3. The minimum Gasteiger partial charge on any atom is -0.550 e. The molecule has 14 nitrogen and oxygen atoms in total. The summed E-state index contributed by atoms with van der Waals surface area (Å²) in [6.45, 7) is 2.65. The van der Waals surface area contributed by atoms with Crippen LogP contribution in [0.1, 0.15) is 6.42 Å². The average Bonchev–Trinajstić information content (AvgIpc) is 2.57. The molecule has 35 heavy (non-hydrogen) atoms. The third-order valence-electron chi connectivity index (χ3n) is 3.48. The lowest BCUT2D eigenvalue weighted by Gasteiger charge is -2.26. The Balaban J connectivity index is -0.000000187. The van der Waals surface area contributed by atoms with Gasteiger partial charge in [0.2, 0.25) is 0 Å². The van der Waals surface area contributed by atoms with Crippen LogP contribution in [0.15, 0.2) is 0 Å². The molecule has 0 aromatic rings. The number of aliphatic carboxylic acids is 3. The van der Waals surface area contributed by atoms with Gasteiger partial charge in [-0.05, 0) is 0 Å². The Hall–Kier alpha value is -1.91. The van der Waals surface area contributed by atoms with Crippen molar-refractivity contribution in [3.05, 3.63) is 0 Å². The molecule has 0 aromatic heterocycles. The van der Waals surface area contributed by atoms with E-state index in [1.54, 1.807) is 0 Å². The molecule has 0 aliphatic heterocycles. The van der Waals surface area contributed by atoms with E-state index < -0.39 is 36.2 Å². The van der Waals surface area contributed by atoms with Crippen LogP contribution in [0.4, 0.5) is 0 Å². The molecule has 212 valence electrons. The molecule has 0 fully saturated rings. The van der Waals surface area contributed by atoms with Gasteiger partial charge in [0, 0.05) is 12.4 Å². The summed E-state index contributed by atoms with van der Waals surface area (Å²) in [7, 11) is 18.0. The molecule has 0 aliphatic carbocycles. The number of carbonyl (C=O) groups excluding carboxylic acids is 3. The van der Waals surface area contributed by atoms with Crippen molar-refractivity contribution in [1.29, 1.82) is 0 Å². The molecule has 0 heterocycles. The van der Waals surface area contributed by atoms with Crippen LogP contribution in [-0.2, 0) is 14.4 Å². The van der Waals surface area contributed by atoms with Crippen molar-refractivity contribution in [3.63, 3.8) is 0 Å². The van der Waals surface area contributed by atoms with Crippen molar-refractivity contribution in [2.45, 2.75) is 24.7 Å². The highest BCUT2D eigenvalue weighted by Gasteiger charge is 2.17. The zero-order chi connectivity index (χ0) is 29.2. The summed E-state index contributed by atoms with van der Waals surface area (Å²) in [6.07, 6.45) is -5.97. The van der Waals surface area contributed by atoms with E-state index in [1.165, 1.54) is 0 Å². The summed E-state index contributed by atoms with van der Waals surface area (Å²) < 4.78 is 2.24. The highest BCUT2D eigenvalue weighted by Crippen LogP contribution is 1.97. The van der Waals surface area contributed by atoms with Gasteiger partial charge in [0.25, 0.3) is 0 Å². The van der Waals surface area contributed by atoms with Gasteiger partial charge in [0.1, 0.15) is 37.9 Å². The smallest absolute Gasteiger partial charge is 0.124 e. The van der Waals surface area contributed by atoms with Crippen LogP contribution in [0.3, 0.4) is 0 Å². The lowest BCUT2D eigenvalue weighted by molar-refractivity contribution is -0.873. The van der Waals surface area contributed by atoms with E-state index in [-0.39, 0.29) is 19.6 Å². The fraction of sp³-hybridized carbons (Fsp3) is 0.857. The van der Waals surface area contributed by atoms with Crippen LogP contribution >= 0.6 is 0 Å². The second kappa shape index (κ2) is 19.3. The molecule has 0 rings (SSSR count). The number of aliphatic hydroxyl groups excluding tert-OH is 5. The molecule has 0 amide bonds. The van der Waals surface area contributed by atoms with Crippen molar-refractivity contribution < 1.29 is 68.7 Å². The second-order valence-electron chi connectivity index (χ2n) is 10.7. The Bertz CT molecular complexity index is 549. The summed E-state index contributed by atoms with van der Waals surface area (Å²) in [6, 6.07) is 0. The number of nitrogens with zero attached hydrogens (tertiary/aromatic N) is 3. The van der Waals surface area contributed by atoms with Gasteiger partial charge >= 0.3 is 0 Å². The van der Waals surface area contributed by atoms with Crippen LogP contribution in [0.5, 0.6) is 0 Å². The highest BCUT2D eigenvalue weighted by atomic mass is 16.4. The van der Waals surface area contributed by atoms with Gasteiger partial charge in [-0.1, -0.05) is 0 Å². The van der Waals surface area contributed by atoms with Gasteiger partial charge in [-0.25, -0.2) is 0 Å². The number of aliphatic hydroxyl groups is 5. The van der Waals surface area contributed by atoms with Gasteiger partial charge in [0.15, 0.2) is 0 Å². The summed E-state index contributed by atoms with van der Waals surface area (Å²) in [5.41, 5.74) is 0. The van der Waals surface area contributed by atoms with E-state index in [4.69, 9.17) is 25.5 Å². The molecular formula is C21H47N3O11. The number of carboxylic acid groups (broad SMARTS) is 3. The van der Waals surface area contributed by atoms with Crippen molar-refractivity contribution in [1.82, 2.24) is 0 Å². The number of hydrogen-bond acceptors (Lipinski definition) is 11. The van der Waals surface area contributed by atoms with Crippen molar-refractivity contribution in [2.24, 2.45) is 0 Å². The monoisotopic (exact) mass is 517 g/mol. The Morgan fingerprint density at radius 3 is 1.03 bits per heavy atom. The number of quaternary nitrogens is 3. The molecule has 2 unspecified atom stereocenters. The highest BCUT2D eigenvalue weighted by molar-refractivity contribution is 5.80. The number of hydrogen-bond donors (Lipinski definition) is 5. The van der Waals surface area contributed by atoms with Crippen LogP contribution < -0.4 is 15.3 Å². The van der Waals surface area contributed by atoms with Crippen LogP contribution in [0, 0.1) is 0 Å². The third-order valence-corrected chi connectivity index (χ3v) is 3.48. The molecule has 0 aliphatic rings. The molecule has 5 N–H and O–H groups in total. The van der Waals surface area contributed by atoms with Crippen molar-refractivity contribution in [2.75, 3.05) is 96.3 Å². The zero-order valence-corrected chi connectivity index (χ0v) is 22.5. The van der Waals surface area contributed by atoms with Crippen molar-refractivity contribution in [3.8, 4) is 0 Å². The van der Waals surface area contributed by atoms with E-state index in [0.29, 0.717) is 11.0 Å². The fourth-order valence-corrected chi connectivity index (χ4v) is 1.75. The maximum Gasteiger partial charge on any atom is 0.124 e. The van der Waals surface area contributed by atoms with Crippen LogP contribution in [0.2, 0.25) is 0 Å². The lowest BCUT2D eigenvalue weighted by atomic mass is 10.2. The first-order valence-electron chi connectivity index (χ1n) is 10.7. The Kier molecular flexibility index (Phi) is 22.2. The SMILES string of the molecule is C[N+](C)(C)CCO.C[N+](C)(C)CCO.C[N+](C)(C)C[C@H](O)CC(=O)[O-].O=C([O-])C(O)C(O)C(=O)[O-]. The minimum atomic E-state index is -2.44. The topological polar surface area (TPSA) is 222 Å². The normalized spacial score (nSPS) is 13.9. The standard InChI is InChI=1S/C7H15NO3.2C5H14NO.C4H6O6/c1-8(2,3)5-6(9)4-7(10)11;2*1-6(2,3)4-5-7;5-1(3(7)8)2(6)4(9)10/h6,9H,4-5H2,1-3H3;2*7H,4-5H2,1-3H3;1-2,5-6H,(H,7,8)(H,9,10)/q;2*+1;/p-2/t6-;;;/m1.../s1. The molecule has 3 atom stereocenters. The maximum absolute atomic E-state index is 10.0. The van der Waals surface area contributed by atoms with Gasteiger partial charge < -0.3 is 68.7 Å². The van der Waals surface area contributed by atoms with Crippen LogP contribution in [0.25, 0.3) is 0 Å². The Morgan fingerprint density at radius 2 is 0.914 bits per heavy atom. The van der Waals surface area contributed by atoms with E-state index >= 15 is 0 Å². The fourth-order valence-electron chi connectivity index (χ4n) is 1.75. The first kappa shape index (κ1) is 40.3. The summed E-state index contributed by atoms with van der Waals surface area (Å²) >= 11 is 0.